The number of nitrogens with zero attached hydrogens (tertiary/aromatic N) is 2. The van der Waals surface area contributed by atoms with Crippen molar-refractivity contribution in [2.24, 2.45) is 5.73 Å². The molecule has 0 saturated heterocycles. The molecule has 0 radical (unpaired) electrons. The molecule has 2 N–H and O–H groups in total. The standard InChI is InChI=1S/C13H15N3O2/c1-2-18-13(17)10(14)7-12-9-5-3-4-6-11(9)15-8-16-12/h3-6,8,10H,2,7,14H2,1H3. The van der Waals surface area contributed by atoms with Gasteiger partial charge in [0.05, 0.1) is 17.8 Å². The highest BCUT2D eigenvalue weighted by Crippen LogP contribution is 2.15. The van der Waals surface area contributed by atoms with Gasteiger partial charge in [-0.1, -0.05) is 18.2 Å². The Morgan fingerprint density at radius 3 is 2.94 bits per heavy atom. The SMILES string of the molecule is CCOC(=O)C(N)Cc1ncnc2ccccc12. The maximum absolute atomic E-state index is 11.5. The molecular weight excluding hydrogens is 230 g/mol. The number of ether oxygens (including phenoxy) is 1. The Balaban J connectivity index is 2.24. The molecule has 1 atom stereocenters. The number of rotatable bonds is 4. The molecule has 0 spiro atoms. The number of nitrogens with two attached hydrogens (primary N) is 1. The van der Waals surface area contributed by atoms with E-state index >= 15 is 0 Å². The molecule has 5 heteroatoms. The molecule has 5 nitrogen and oxygen atoms in total. The van der Waals surface area contributed by atoms with Crippen molar-refractivity contribution in [1.82, 2.24) is 9.97 Å². The van der Waals surface area contributed by atoms with Gasteiger partial charge < -0.3 is 10.5 Å². The summed E-state index contributed by atoms with van der Waals surface area (Å²) in [6.07, 6.45) is 1.83. The third kappa shape index (κ3) is 2.62. The lowest BCUT2D eigenvalue weighted by Crippen LogP contribution is -2.34. The van der Waals surface area contributed by atoms with E-state index in [1.807, 2.05) is 24.3 Å². The predicted molar refractivity (Wildman–Crippen MR) is 67.9 cm³/mol. The molecule has 1 aromatic heterocycles. The van der Waals surface area contributed by atoms with Crippen LogP contribution in [0, 0.1) is 0 Å². The van der Waals surface area contributed by atoms with Gasteiger partial charge >= 0.3 is 5.97 Å². The van der Waals surface area contributed by atoms with Crippen LogP contribution in [-0.4, -0.2) is 28.6 Å². The molecule has 2 aromatic rings. The zero-order chi connectivity index (χ0) is 13.0. The molecule has 18 heavy (non-hydrogen) atoms. The second-order valence-electron chi connectivity index (χ2n) is 3.90. The van der Waals surface area contributed by atoms with Gasteiger partial charge in [0.15, 0.2) is 0 Å². The van der Waals surface area contributed by atoms with Gasteiger partial charge in [0.1, 0.15) is 12.4 Å². The van der Waals surface area contributed by atoms with E-state index in [9.17, 15) is 4.79 Å². The summed E-state index contributed by atoms with van der Waals surface area (Å²) in [6, 6.07) is 6.94. The second-order valence-corrected chi connectivity index (χ2v) is 3.90. The highest BCUT2D eigenvalue weighted by atomic mass is 16.5. The minimum Gasteiger partial charge on any atom is -0.465 e. The summed E-state index contributed by atoms with van der Waals surface area (Å²) in [4.78, 5) is 19.8. The summed E-state index contributed by atoms with van der Waals surface area (Å²) in [6.45, 7) is 2.09. The van der Waals surface area contributed by atoms with E-state index in [1.165, 1.54) is 6.33 Å². The summed E-state index contributed by atoms with van der Waals surface area (Å²) >= 11 is 0. The van der Waals surface area contributed by atoms with Crippen molar-refractivity contribution in [2.45, 2.75) is 19.4 Å². The summed E-state index contributed by atoms with van der Waals surface area (Å²) in [5.41, 5.74) is 7.40. The number of benzene rings is 1. The molecule has 0 aliphatic rings. The molecule has 0 bridgehead atoms. The quantitative estimate of drug-likeness (QED) is 0.815. The Kier molecular flexibility index (Phi) is 3.84. The minimum atomic E-state index is -0.691. The number of aromatic nitrogens is 2. The van der Waals surface area contributed by atoms with Gasteiger partial charge in [0.2, 0.25) is 0 Å². The number of para-hydroxylation sites is 1. The van der Waals surface area contributed by atoms with E-state index in [2.05, 4.69) is 9.97 Å². The first-order chi connectivity index (χ1) is 8.72. The predicted octanol–water partition coefficient (Wildman–Crippen LogP) is 1.06. The summed E-state index contributed by atoms with van der Waals surface area (Å²) in [7, 11) is 0. The van der Waals surface area contributed by atoms with Crippen LogP contribution in [0.4, 0.5) is 0 Å². The molecular formula is C13H15N3O2. The van der Waals surface area contributed by atoms with Gasteiger partial charge in [-0.2, -0.15) is 0 Å². The van der Waals surface area contributed by atoms with Crippen LogP contribution in [0.15, 0.2) is 30.6 Å². The summed E-state index contributed by atoms with van der Waals surface area (Å²) < 4.78 is 4.88. The van der Waals surface area contributed by atoms with Gasteiger partial charge in [-0.05, 0) is 13.0 Å². The number of carbonyl (C=O) groups is 1. The van der Waals surface area contributed by atoms with Crippen molar-refractivity contribution in [2.75, 3.05) is 6.61 Å². The molecule has 1 heterocycles. The van der Waals surface area contributed by atoms with Crippen LogP contribution in [0.3, 0.4) is 0 Å². The molecule has 0 fully saturated rings. The lowest BCUT2D eigenvalue weighted by Gasteiger charge is -2.11. The number of hydrogen-bond acceptors (Lipinski definition) is 5. The number of esters is 1. The van der Waals surface area contributed by atoms with Gasteiger partial charge in [-0.25, -0.2) is 9.97 Å². The Bertz CT molecular complexity index is 551. The van der Waals surface area contributed by atoms with Crippen LogP contribution in [0.1, 0.15) is 12.6 Å². The molecule has 0 amide bonds. The largest absolute Gasteiger partial charge is 0.465 e. The number of fused-ring (bicyclic) bond motifs is 1. The summed E-state index contributed by atoms with van der Waals surface area (Å²) in [5.74, 6) is -0.403. The van der Waals surface area contributed by atoms with Gasteiger partial charge in [0.25, 0.3) is 0 Å². The molecule has 1 aromatic carbocycles. The van der Waals surface area contributed by atoms with E-state index in [0.717, 1.165) is 16.6 Å². The third-order valence-corrected chi connectivity index (χ3v) is 2.63. The normalized spacial score (nSPS) is 12.3. The second kappa shape index (κ2) is 5.55. The molecule has 94 valence electrons. The van der Waals surface area contributed by atoms with E-state index < -0.39 is 12.0 Å². The fraction of sp³-hybridized carbons (Fsp3) is 0.308. The Hall–Kier alpha value is -2.01. The first kappa shape index (κ1) is 12.4. The van der Waals surface area contributed by atoms with Crippen molar-refractivity contribution >= 4 is 16.9 Å². The first-order valence-corrected chi connectivity index (χ1v) is 5.83. The van der Waals surface area contributed by atoms with E-state index in [0.29, 0.717) is 13.0 Å². The molecule has 2 rings (SSSR count). The van der Waals surface area contributed by atoms with Crippen molar-refractivity contribution in [3.63, 3.8) is 0 Å². The maximum atomic E-state index is 11.5. The molecule has 0 saturated carbocycles. The molecule has 1 unspecified atom stereocenters. The van der Waals surface area contributed by atoms with Crippen LogP contribution in [0.2, 0.25) is 0 Å². The van der Waals surface area contributed by atoms with Gasteiger partial charge in [-0.15, -0.1) is 0 Å². The fourth-order valence-corrected chi connectivity index (χ4v) is 1.76. The highest BCUT2D eigenvalue weighted by molar-refractivity contribution is 5.82. The van der Waals surface area contributed by atoms with Gasteiger partial charge in [-0.3, -0.25) is 4.79 Å². The zero-order valence-electron chi connectivity index (χ0n) is 10.2. The lowest BCUT2D eigenvalue weighted by molar-refractivity contribution is -0.144. The van der Waals surface area contributed by atoms with Crippen molar-refractivity contribution < 1.29 is 9.53 Å². The summed E-state index contributed by atoms with van der Waals surface area (Å²) in [5, 5.41) is 0.916. The van der Waals surface area contributed by atoms with Crippen LogP contribution >= 0.6 is 0 Å². The minimum absolute atomic E-state index is 0.330. The van der Waals surface area contributed by atoms with Crippen LogP contribution in [-0.2, 0) is 16.0 Å². The average Bonchev–Trinajstić information content (AvgIpc) is 2.39. The van der Waals surface area contributed by atoms with Crippen molar-refractivity contribution in [3.05, 3.63) is 36.3 Å². The van der Waals surface area contributed by atoms with E-state index in [1.54, 1.807) is 6.92 Å². The fourth-order valence-electron chi connectivity index (χ4n) is 1.76. The third-order valence-electron chi connectivity index (χ3n) is 2.63. The molecule has 0 aliphatic carbocycles. The Labute approximate surface area is 105 Å². The average molecular weight is 245 g/mol. The van der Waals surface area contributed by atoms with E-state index in [-0.39, 0.29) is 0 Å². The number of carbonyl (C=O) groups excluding carboxylic acids is 1. The van der Waals surface area contributed by atoms with Crippen molar-refractivity contribution in [1.29, 1.82) is 0 Å². The smallest absolute Gasteiger partial charge is 0.323 e. The highest BCUT2D eigenvalue weighted by Gasteiger charge is 2.17. The van der Waals surface area contributed by atoms with Crippen LogP contribution in [0.25, 0.3) is 10.9 Å². The van der Waals surface area contributed by atoms with Crippen LogP contribution in [0.5, 0.6) is 0 Å². The Morgan fingerprint density at radius 1 is 1.39 bits per heavy atom. The topological polar surface area (TPSA) is 78.1 Å². The first-order valence-electron chi connectivity index (χ1n) is 5.83. The molecule has 0 aliphatic heterocycles. The maximum Gasteiger partial charge on any atom is 0.323 e. The zero-order valence-corrected chi connectivity index (χ0v) is 10.2. The monoisotopic (exact) mass is 245 g/mol. The Morgan fingerprint density at radius 2 is 2.17 bits per heavy atom. The lowest BCUT2D eigenvalue weighted by atomic mass is 10.1. The van der Waals surface area contributed by atoms with Crippen molar-refractivity contribution in [3.8, 4) is 0 Å². The number of hydrogen-bond donors (Lipinski definition) is 1. The van der Waals surface area contributed by atoms with Gasteiger partial charge in [0, 0.05) is 11.8 Å². The van der Waals surface area contributed by atoms with E-state index in [4.69, 9.17) is 10.5 Å². The van der Waals surface area contributed by atoms with Crippen LogP contribution < -0.4 is 5.73 Å².